The Balaban J connectivity index is 1.61. The zero-order valence-electron chi connectivity index (χ0n) is 13.1. The van der Waals surface area contributed by atoms with Gasteiger partial charge in [0.05, 0.1) is 6.54 Å². The van der Waals surface area contributed by atoms with E-state index >= 15 is 0 Å². The molecule has 23 heavy (non-hydrogen) atoms. The highest BCUT2D eigenvalue weighted by molar-refractivity contribution is 5.75. The number of aromatic nitrogens is 2. The van der Waals surface area contributed by atoms with Gasteiger partial charge in [-0.15, -0.1) is 0 Å². The molecule has 1 saturated heterocycles. The van der Waals surface area contributed by atoms with Gasteiger partial charge in [0.2, 0.25) is 0 Å². The molecule has 0 aliphatic carbocycles. The van der Waals surface area contributed by atoms with E-state index in [4.69, 9.17) is 10.5 Å². The van der Waals surface area contributed by atoms with E-state index in [1.807, 2.05) is 41.3 Å². The molecule has 0 bridgehead atoms. The van der Waals surface area contributed by atoms with Crippen LogP contribution < -0.4 is 10.5 Å². The molecule has 2 heterocycles. The Morgan fingerprint density at radius 1 is 1.39 bits per heavy atom. The number of carbonyl (C=O) groups is 1. The van der Waals surface area contributed by atoms with Crippen LogP contribution in [0.4, 0.5) is 0 Å². The highest BCUT2D eigenvalue weighted by Gasteiger charge is 2.24. The Morgan fingerprint density at radius 2 is 2.30 bits per heavy atom. The van der Waals surface area contributed by atoms with Gasteiger partial charge < -0.3 is 10.5 Å². The topological polar surface area (TPSA) is 73.4 Å². The maximum atomic E-state index is 10.8. The molecule has 1 fully saturated rings. The van der Waals surface area contributed by atoms with Crippen LogP contribution in [0, 0.1) is 0 Å². The smallest absolute Gasteiger partial charge is 0.255 e. The Bertz CT molecular complexity index is 642. The average molecular weight is 314 g/mol. The number of ether oxygens (including phenoxy) is 1. The van der Waals surface area contributed by atoms with Crippen molar-refractivity contribution in [3.05, 3.63) is 48.3 Å². The van der Waals surface area contributed by atoms with E-state index in [2.05, 4.69) is 16.1 Å². The number of hydrogen-bond acceptors (Lipinski definition) is 4. The standard InChI is InChI=1S/C17H22N4O2/c18-17(22)13-23-16-6-1-4-14(10-16)11-20-8-2-5-15(20)12-21-9-3-7-19-21/h1,3-4,6-7,9-10,15H,2,5,8,11-13H2,(H2,18,22)/t15-/m1/s1. The van der Waals surface area contributed by atoms with E-state index < -0.39 is 5.91 Å². The summed E-state index contributed by atoms with van der Waals surface area (Å²) in [5.74, 6) is 0.221. The summed E-state index contributed by atoms with van der Waals surface area (Å²) in [6.45, 7) is 2.80. The molecule has 1 aromatic carbocycles. The van der Waals surface area contributed by atoms with Crippen LogP contribution >= 0.6 is 0 Å². The third-order valence-corrected chi connectivity index (χ3v) is 4.12. The first-order valence-corrected chi connectivity index (χ1v) is 7.92. The summed E-state index contributed by atoms with van der Waals surface area (Å²) < 4.78 is 7.37. The number of amides is 1. The molecule has 0 spiro atoms. The van der Waals surface area contributed by atoms with Crippen LogP contribution in [0.3, 0.4) is 0 Å². The number of likely N-dealkylation sites (tertiary alicyclic amines) is 1. The fraction of sp³-hybridized carbons (Fsp3) is 0.412. The minimum absolute atomic E-state index is 0.0882. The highest BCUT2D eigenvalue weighted by Crippen LogP contribution is 2.23. The molecule has 1 aliphatic rings. The molecule has 6 heteroatoms. The zero-order chi connectivity index (χ0) is 16.1. The average Bonchev–Trinajstić information content (AvgIpc) is 3.19. The monoisotopic (exact) mass is 314 g/mol. The second kappa shape index (κ2) is 7.28. The van der Waals surface area contributed by atoms with Gasteiger partial charge in [0, 0.05) is 25.0 Å². The molecule has 0 radical (unpaired) electrons. The number of carbonyl (C=O) groups excluding carboxylic acids is 1. The van der Waals surface area contributed by atoms with Crippen molar-refractivity contribution in [2.24, 2.45) is 5.73 Å². The van der Waals surface area contributed by atoms with Crippen LogP contribution in [0.2, 0.25) is 0 Å². The lowest BCUT2D eigenvalue weighted by atomic mass is 10.1. The summed E-state index contributed by atoms with van der Waals surface area (Å²) in [6.07, 6.45) is 6.23. The summed E-state index contributed by atoms with van der Waals surface area (Å²) in [5, 5.41) is 4.30. The molecule has 1 amide bonds. The number of nitrogens with two attached hydrogens (primary N) is 1. The van der Waals surface area contributed by atoms with E-state index in [0.29, 0.717) is 11.8 Å². The van der Waals surface area contributed by atoms with Crippen molar-refractivity contribution in [3.8, 4) is 5.75 Å². The van der Waals surface area contributed by atoms with Crippen LogP contribution in [0.25, 0.3) is 0 Å². The van der Waals surface area contributed by atoms with Gasteiger partial charge in [-0.2, -0.15) is 5.10 Å². The predicted molar refractivity (Wildman–Crippen MR) is 86.8 cm³/mol. The number of nitrogens with zero attached hydrogens (tertiary/aromatic N) is 3. The summed E-state index contributed by atoms with van der Waals surface area (Å²) >= 11 is 0. The molecule has 1 aromatic heterocycles. The van der Waals surface area contributed by atoms with E-state index in [9.17, 15) is 4.79 Å². The SMILES string of the molecule is NC(=O)COc1cccc(CN2CCC[C@@H]2Cn2cccn2)c1. The molecule has 2 N–H and O–H groups in total. The molecular formula is C17H22N4O2. The van der Waals surface area contributed by atoms with Gasteiger partial charge in [-0.05, 0) is 43.1 Å². The Labute approximate surface area is 135 Å². The molecule has 2 aromatic rings. The molecule has 0 saturated carbocycles. The van der Waals surface area contributed by atoms with Crippen molar-refractivity contribution in [1.29, 1.82) is 0 Å². The summed E-state index contributed by atoms with van der Waals surface area (Å²) in [4.78, 5) is 13.3. The zero-order valence-corrected chi connectivity index (χ0v) is 13.1. The minimum Gasteiger partial charge on any atom is -0.484 e. The molecule has 1 aliphatic heterocycles. The van der Waals surface area contributed by atoms with Gasteiger partial charge in [0.25, 0.3) is 5.91 Å². The maximum absolute atomic E-state index is 10.8. The van der Waals surface area contributed by atoms with Gasteiger partial charge >= 0.3 is 0 Å². The van der Waals surface area contributed by atoms with Crippen LogP contribution in [-0.4, -0.2) is 39.8 Å². The second-order valence-electron chi connectivity index (χ2n) is 5.90. The largest absolute Gasteiger partial charge is 0.484 e. The van der Waals surface area contributed by atoms with E-state index in [-0.39, 0.29) is 6.61 Å². The fourth-order valence-corrected chi connectivity index (χ4v) is 3.06. The van der Waals surface area contributed by atoms with Gasteiger partial charge in [0.1, 0.15) is 5.75 Å². The minimum atomic E-state index is -0.464. The number of benzene rings is 1. The molecule has 1 atom stereocenters. The van der Waals surface area contributed by atoms with Gasteiger partial charge in [-0.25, -0.2) is 0 Å². The number of primary amides is 1. The van der Waals surface area contributed by atoms with Crippen molar-refractivity contribution < 1.29 is 9.53 Å². The first-order chi connectivity index (χ1) is 11.2. The lowest BCUT2D eigenvalue weighted by Crippen LogP contribution is -2.32. The Morgan fingerprint density at radius 3 is 3.09 bits per heavy atom. The van der Waals surface area contributed by atoms with Crippen LogP contribution in [-0.2, 0) is 17.9 Å². The first kappa shape index (κ1) is 15.6. The van der Waals surface area contributed by atoms with Gasteiger partial charge in [-0.1, -0.05) is 12.1 Å². The number of rotatable bonds is 7. The van der Waals surface area contributed by atoms with E-state index in [1.165, 1.54) is 18.4 Å². The van der Waals surface area contributed by atoms with E-state index in [1.54, 1.807) is 0 Å². The lowest BCUT2D eigenvalue weighted by Gasteiger charge is -2.24. The van der Waals surface area contributed by atoms with Crippen molar-refractivity contribution in [2.75, 3.05) is 13.2 Å². The third-order valence-electron chi connectivity index (χ3n) is 4.12. The summed E-state index contributed by atoms with van der Waals surface area (Å²) in [5.41, 5.74) is 6.29. The molecular weight excluding hydrogens is 292 g/mol. The van der Waals surface area contributed by atoms with Crippen molar-refractivity contribution >= 4 is 5.91 Å². The summed E-state index contributed by atoms with van der Waals surface area (Å²) in [7, 11) is 0. The Kier molecular flexibility index (Phi) is 4.92. The van der Waals surface area contributed by atoms with Crippen molar-refractivity contribution in [1.82, 2.24) is 14.7 Å². The quantitative estimate of drug-likeness (QED) is 0.838. The fourth-order valence-electron chi connectivity index (χ4n) is 3.06. The summed E-state index contributed by atoms with van der Waals surface area (Å²) in [6, 6.07) is 10.3. The number of hydrogen-bond donors (Lipinski definition) is 1. The van der Waals surface area contributed by atoms with Crippen LogP contribution in [0.5, 0.6) is 5.75 Å². The van der Waals surface area contributed by atoms with Crippen molar-refractivity contribution in [3.63, 3.8) is 0 Å². The normalized spacial score (nSPS) is 18.2. The molecule has 6 nitrogen and oxygen atoms in total. The Hall–Kier alpha value is -2.34. The van der Waals surface area contributed by atoms with Crippen LogP contribution in [0.15, 0.2) is 42.7 Å². The van der Waals surface area contributed by atoms with Gasteiger partial charge in [-0.3, -0.25) is 14.4 Å². The van der Waals surface area contributed by atoms with Crippen LogP contribution in [0.1, 0.15) is 18.4 Å². The van der Waals surface area contributed by atoms with E-state index in [0.717, 1.165) is 19.6 Å². The molecule has 0 unspecified atom stereocenters. The van der Waals surface area contributed by atoms with Gasteiger partial charge in [0.15, 0.2) is 6.61 Å². The van der Waals surface area contributed by atoms with Crippen molar-refractivity contribution in [2.45, 2.75) is 32.0 Å². The molecule has 3 rings (SSSR count). The second-order valence-corrected chi connectivity index (χ2v) is 5.90. The third kappa shape index (κ3) is 4.32. The first-order valence-electron chi connectivity index (χ1n) is 7.92. The molecule has 122 valence electrons. The highest BCUT2D eigenvalue weighted by atomic mass is 16.5. The maximum Gasteiger partial charge on any atom is 0.255 e. The predicted octanol–water partition coefficient (Wildman–Crippen LogP) is 1.41. The lowest BCUT2D eigenvalue weighted by molar-refractivity contribution is -0.119.